The fraction of sp³-hybridized carbons (Fsp3) is 0.250. The zero-order valence-corrected chi connectivity index (χ0v) is 11.7. The minimum atomic E-state index is -0.423. The van der Waals surface area contributed by atoms with E-state index in [-0.39, 0.29) is 17.7 Å². The highest BCUT2D eigenvalue weighted by Crippen LogP contribution is 2.36. The molecule has 4 heteroatoms. The smallest absolute Gasteiger partial charge is 0.142 e. The molecule has 1 aliphatic carbocycles. The van der Waals surface area contributed by atoms with Gasteiger partial charge in [-0.05, 0) is 36.1 Å². The highest BCUT2D eigenvalue weighted by atomic mass is 35.5. The number of hydrogen-bond acceptors (Lipinski definition) is 2. The van der Waals surface area contributed by atoms with Gasteiger partial charge in [-0.1, -0.05) is 35.9 Å². The monoisotopic (exact) mass is 291 g/mol. The summed E-state index contributed by atoms with van der Waals surface area (Å²) < 4.78 is 19.2. The molecule has 104 valence electrons. The van der Waals surface area contributed by atoms with Crippen molar-refractivity contribution in [1.82, 2.24) is 0 Å². The first kappa shape index (κ1) is 13.4. The van der Waals surface area contributed by atoms with E-state index in [1.165, 1.54) is 6.07 Å². The Bertz CT molecular complexity index is 644. The maximum absolute atomic E-state index is 13.4. The lowest BCUT2D eigenvalue weighted by molar-refractivity contribution is 0.303. The van der Waals surface area contributed by atoms with E-state index in [1.807, 2.05) is 18.2 Å². The van der Waals surface area contributed by atoms with Crippen molar-refractivity contribution in [3.05, 3.63) is 63.9 Å². The number of fused-ring (bicyclic) bond motifs is 1. The molecular formula is C16H15ClFNO. The zero-order chi connectivity index (χ0) is 14.1. The molecule has 0 saturated heterocycles. The second-order valence-corrected chi connectivity index (χ2v) is 5.35. The van der Waals surface area contributed by atoms with Crippen molar-refractivity contribution in [2.75, 3.05) is 0 Å². The molecule has 3 rings (SSSR count). The van der Waals surface area contributed by atoms with Crippen molar-refractivity contribution in [2.24, 2.45) is 5.73 Å². The minimum Gasteiger partial charge on any atom is -0.489 e. The van der Waals surface area contributed by atoms with E-state index in [4.69, 9.17) is 22.1 Å². The van der Waals surface area contributed by atoms with Gasteiger partial charge in [0, 0.05) is 11.6 Å². The molecule has 0 aliphatic heterocycles. The summed E-state index contributed by atoms with van der Waals surface area (Å²) in [7, 11) is 0. The Morgan fingerprint density at radius 1 is 1.25 bits per heavy atom. The molecule has 1 unspecified atom stereocenters. The fourth-order valence-electron chi connectivity index (χ4n) is 2.60. The van der Waals surface area contributed by atoms with E-state index in [1.54, 1.807) is 12.1 Å². The van der Waals surface area contributed by atoms with Crippen molar-refractivity contribution in [1.29, 1.82) is 0 Å². The highest BCUT2D eigenvalue weighted by molar-refractivity contribution is 6.31. The topological polar surface area (TPSA) is 35.2 Å². The summed E-state index contributed by atoms with van der Waals surface area (Å²) in [4.78, 5) is 0. The Hall–Kier alpha value is -1.58. The second-order valence-electron chi connectivity index (χ2n) is 4.97. The number of rotatable bonds is 3. The molecule has 0 radical (unpaired) electrons. The van der Waals surface area contributed by atoms with Crippen molar-refractivity contribution in [3.8, 4) is 5.75 Å². The number of halogens is 2. The van der Waals surface area contributed by atoms with E-state index in [9.17, 15) is 4.39 Å². The summed E-state index contributed by atoms with van der Waals surface area (Å²) in [6.07, 6.45) is 1.86. The maximum atomic E-state index is 13.4. The van der Waals surface area contributed by atoms with Crippen LogP contribution in [0.3, 0.4) is 0 Å². The van der Waals surface area contributed by atoms with Gasteiger partial charge in [0.25, 0.3) is 0 Å². The highest BCUT2D eigenvalue weighted by Gasteiger charge is 2.22. The van der Waals surface area contributed by atoms with E-state index in [0.29, 0.717) is 5.56 Å². The van der Waals surface area contributed by atoms with Gasteiger partial charge in [-0.25, -0.2) is 4.39 Å². The van der Waals surface area contributed by atoms with E-state index >= 15 is 0 Å². The van der Waals surface area contributed by atoms with Crippen LogP contribution in [0.2, 0.25) is 5.02 Å². The SMILES string of the molecule is NC1CCc2c(OCc3cccc(F)c3Cl)cccc21. The minimum absolute atomic E-state index is 0.0892. The average Bonchev–Trinajstić information content (AvgIpc) is 2.83. The number of hydrogen-bond donors (Lipinski definition) is 1. The second kappa shape index (κ2) is 5.43. The van der Waals surface area contributed by atoms with Crippen LogP contribution in [0.25, 0.3) is 0 Å². The molecule has 1 aliphatic rings. The fourth-order valence-corrected chi connectivity index (χ4v) is 2.78. The van der Waals surface area contributed by atoms with E-state index in [2.05, 4.69) is 0 Å². The summed E-state index contributed by atoms with van der Waals surface area (Å²) in [5.74, 6) is 0.392. The molecule has 0 saturated carbocycles. The first-order valence-electron chi connectivity index (χ1n) is 6.60. The zero-order valence-electron chi connectivity index (χ0n) is 10.9. The van der Waals surface area contributed by atoms with E-state index in [0.717, 1.165) is 29.7 Å². The van der Waals surface area contributed by atoms with Gasteiger partial charge in [-0.3, -0.25) is 0 Å². The van der Waals surface area contributed by atoms with Crippen LogP contribution in [0.15, 0.2) is 36.4 Å². The molecule has 2 aromatic rings. The van der Waals surface area contributed by atoms with Crippen LogP contribution in [0.5, 0.6) is 5.75 Å². The molecule has 0 fully saturated rings. The Morgan fingerprint density at radius 2 is 2.05 bits per heavy atom. The van der Waals surface area contributed by atoms with E-state index < -0.39 is 5.82 Å². The normalized spacial score (nSPS) is 17.1. The molecule has 0 spiro atoms. The molecule has 0 heterocycles. The standard InChI is InChI=1S/C16H15ClFNO/c17-16-10(3-1-5-13(16)18)9-20-15-6-2-4-11-12(15)7-8-14(11)19/h1-6,14H,7-9,19H2. The molecule has 0 aromatic heterocycles. The molecule has 0 bridgehead atoms. The van der Waals surface area contributed by atoms with Crippen LogP contribution in [0.1, 0.15) is 29.2 Å². The molecule has 2 aromatic carbocycles. The van der Waals surface area contributed by atoms with Gasteiger partial charge in [-0.15, -0.1) is 0 Å². The first-order chi connectivity index (χ1) is 9.66. The predicted molar refractivity (Wildman–Crippen MR) is 77.4 cm³/mol. The third-order valence-corrected chi connectivity index (χ3v) is 4.11. The van der Waals surface area contributed by atoms with Crippen LogP contribution in [0, 0.1) is 5.82 Å². The molecule has 0 amide bonds. The van der Waals surface area contributed by atoms with Crippen molar-refractivity contribution < 1.29 is 9.13 Å². The number of benzene rings is 2. The van der Waals surface area contributed by atoms with Crippen LogP contribution < -0.4 is 10.5 Å². The quantitative estimate of drug-likeness (QED) is 0.927. The van der Waals surface area contributed by atoms with Gasteiger partial charge in [0.15, 0.2) is 0 Å². The molecule has 1 atom stereocenters. The predicted octanol–water partition coefficient (Wildman–Crippen LogP) is 4.00. The largest absolute Gasteiger partial charge is 0.489 e. The van der Waals surface area contributed by atoms with Crippen LogP contribution >= 0.6 is 11.6 Å². The van der Waals surface area contributed by atoms with Crippen LogP contribution in [-0.2, 0) is 13.0 Å². The summed E-state index contributed by atoms with van der Waals surface area (Å²) in [6, 6.07) is 10.7. The Balaban J connectivity index is 1.81. The lowest BCUT2D eigenvalue weighted by Gasteiger charge is -2.12. The van der Waals surface area contributed by atoms with Gasteiger partial charge < -0.3 is 10.5 Å². The summed E-state index contributed by atoms with van der Waals surface area (Å²) in [6.45, 7) is 0.252. The van der Waals surface area contributed by atoms with Crippen molar-refractivity contribution in [2.45, 2.75) is 25.5 Å². The van der Waals surface area contributed by atoms with Gasteiger partial charge in [0.1, 0.15) is 18.2 Å². The summed E-state index contributed by atoms with van der Waals surface area (Å²) in [5, 5.41) is 0.122. The van der Waals surface area contributed by atoms with Gasteiger partial charge in [0.05, 0.1) is 5.02 Å². The molecular weight excluding hydrogens is 277 g/mol. The van der Waals surface area contributed by atoms with Gasteiger partial charge in [0.2, 0.25) is 0 Å². The number of nitrogens with two attached hydrogens (primary N) is 1. The summed E-state index contributed by atoms with van der Waals surface area (Å²) in [5.41, 5.74) is 8.99. The Morgan fingerprint density at radius 3 is 2.90 bits per heavy atom. The maximum Gasteiger partial charge on any atom is 0.142 e. The third kappa shape index (κ3) is 2.39. The lowest BCUT2D eigenvalue weighted by atomic mass is 10.1. The van der Waals surface area contributed by atoms with Crippen molar-refractivity contribution in [3.63, 3.8) is 0 Å². The Kier molecular flexibility index (Phi) is 3.64. The van der Waals surface area contributed by atoms with Gasteiger partial charge >= 0.3 is 0 Å². The third-order valence-electron chi connectivity index (χ3n) is 3.69. The summed E-state index contributed by atoms with van der Waals surface area (Å²) >= 11 is 5.92. The first-order valence-corrected chi connectivity index (χ1v) is 6.97. The molecule has 20 heavy (non-hydrogen) atoms. The average molecular weight is 292 g/mol. The van der Waals surface area contributed by atoms with Gasteiger partial charge in [-0.2, -0.15) is 0 Å². The number of ether oxygens (including phenoxy) is 1. The Labute approximate surface area is 122 Å². The molecule has 2 nitrogen and oxygen atoms in total. The van der Waals surface area contributed by atoms with Crippen molar-refractivity contribution >= 4 is 11.6 Å². The van der Waals surface area contributed by atoms with Crippen LogP contribution in [0.4, 0.5) is 4.39 Å². The lowest BCUT2D eigenvalue weighted by Crippen LogP contribution is -2.05. The van der Waals surface area contributed by atoms with Crippen LogP contribution in [-0.4, -0.2) is 0 Å². The molecule has 2 N–H and O–H groups in total.